The van der Waals surface area contributed by atoms with Gasteiger partial charge in [-0.2, -0.15) is 0 Å². The molecule has 3 amide bonds. The summed E-state index contributed by atoms with van der Waals surface area (Å²) < 4.78 is 0. The summed E-state index contributed by atoms with van der Waals surface area (Å²) in [6.07, 6.45) is 0. The molecule has 0 aliphatic carbocycles. The van der Waals surface area contributed by atoms with Crippen molar-refractivity contribution in [1.29, 1.82) is 0 Å². The molecule has 6 nitrogen and oxygen atoms in total. The molecule has 0 aliphatic rings. The Balaban J connectivity index is 4.19. The fourth-order valence-corrected chi connectivity index (χ4v) is 1.47. The van der Waals surface area contributed by atoms with E-state index >= 15 is 0 Å². The second-order valence-corrected chi connectivity index (χ2v) is 4.35. The molecule has 0 radical (unpaired) electrons. The molecule has 0 heterocycles. The highest BCUT2D eigenvalue weighted by Crippen LogP contribution is 2.04. The average molecular weight is 329 g/mol. The summed E-state index contributed by atoms with van der Waals surface area (Å²) in [6.45, 7) is 2.77. The van der Waals surface area contributed by atoms with Crippen LogP contribution < -0.4 is 11.1 Å². The highest BCUT2D eigenvalue weighted by Gasteiger charge is 2.25. The third kappa shape index (κ3) is 5.88. The van der Waals surface area contributed by atoms with Crippen LogP contribution in [0.5, 0.6) is 0 Å². The van der Waals surface area contributed by atoms with E-state index in [1.807, 2.05) is 0 Å². The van der Waals surface area contributed by atoms with Crippen LogP contribution in [0.15, 0.2) is 0 Å². The molecule has 0 rings (SSSR count). The Morgan fingerprint density at radius 2 is 2.06 bits per heavy atom. The summed E-state index contributed by atoms with van der Waals surface area (Å²) in [5.41, 5.74) is 5.01. The van der Waals surface area contributed by atoms with Crippen molar-refractivity contribution in [3.8, 4) is 0 Å². The predicted molar refractivity (Wildman–Crippen MR) is 67.9 cm³/mol. The number of carbonyl (C=O) groups excluding carboxylic acids is 3. The fourth-order valence-electron chi connectivity index (χ4n) is 1.08. The molecular weight excluding hydrogens is 313 g/mol. The minimum atomic E-state index is -1.04. The number of alkyl halides is 2. The molecule has 0 bridgehead atoms. The normalized spacial score (nSPS) is 11.7. The summed E-state index contributed by atoms with van der Waals surface area (Å²) in [6, 6.07) is 0. The van der Waals surface area contributed by atoms with E-state index in [9.17, 15) is 14.4 Å². The van der Waals surface area contributed by atoms with Gasteiger partial charge in [-0.15, -0.1) is 11.6 Å². The zero-order valence-electron chi connectivity index (χ0n) is 9.41. The SMILES string of the molecule is CCN(CCNC(=O)CCl)C(=O)C(Br)C(N)=O. The molecule has 8 heteroatoms. The zero-order valence-corrected chi connectivity index (χ0v) is 11.8. The molecule has 0 saturated heterocycles. The van der Waals surface area contributed by atoms with Gasteiger partial charge in [-0.25, -0.2) is 0 Å². The maximum absolute atomic E-state index is 11.7. The van der Waals surface area contributed by atoms with Crippen LogP contribution in [-0.2, 0) is 14.4 Å². The molecule has 0 spiro atoms. The van der Waals surface area contributed by atoms with Crippen molar-refractivity contribution in [2.75, 3.05) is 25.5 Å². The minimum absolute atomic E-state index is 0.123. The Kier molecular flexibility index (Phi) is 7.90. The monoisotopic (exact) mass is 327 g/mol. The van der Waals surface area contributed by atoms with Crippen molar-refractivity contribution in [3.05, 3.63) is 0 Å². The lowest BCUT2D eigenvalue weighted by Gasteiger charge is -2.22. The number of primary amides is 1. The molecule has 0 aromatic rings. The molecule has 0 aromatic heterocycles. The molecule has 17 heavy (non-hydrogen) atoms. The van der Waals surface area contributed by atoms with E-state index in [0.29, 0.717) is 13.1 Å². The van der Waals surface area contributed by atoms with Crippen molar-refractivity contribution < 1.29 is 14.4 Å². The van der Waals surface area contributed by atoms with E-state index in [2.05, 4.69) is 21.2 Å². The van der Waals surface area contributed by atoms with Gasteiger partial charge in [-0.3, -0.25) is 14.4 Å². The lowest BCUT2D eigenvalue weighted by molar-refractivity contribution is -0.134. The van der Waals surface area contributed by atoms with Gasteiger partial charge in [0.15, 0.2) is 4.83 Å². The number of nitrogens with one attached hydrogen (secondary N) is 1. The molecule has 98 valence electrons. The second-order valence-electron chi connectivity index (χ2n) is 3.17. The minimum Gasteiger partial charge on any atom is -0.368 e. The van der Waals surface area contributed by atoms with Crippen molar-refractivity contribution in [2.45, 2.75) is 11.8 Å². The topological polar surface area (TPSA) is 92.5 Å². The quantitative estimate of drug-likeness (QED) is 0.484. The van der Waals surface area contributed by atoms with Gasteiger partial charge in [0.25, 0.3) is 0 Å². The third-order valence-corrected chi connectivity index (χ3v) is 3.07. The number of nitrogens with two attached hydrogens (primary N) is 1. The Hall–Kier alpha value is -0.820. The van der Waals surface area contributed by atoms with Crippen molar-refractivity contribution in [1.82, 2.24) is 10.2 Å². The summed E-state index contributed by atoms with van der Waals surface area (Å²) in [5, 5.41) is 2.52. The van der Waals surface area contributed by atoms with E-state index in [1.165, 1.54) is 4.90 Å². The van der Waals surface area contributed by atoms with Gasteiger partial charge in [0.05, 0.1) is 0 Å². The predicted octanol–water partition coefficient (Wildman–Crippen LogP) is -0.561. The van der Waals surface area contributed by atoms with Gasteiger partial charge in [-0.1, -0.05) is 15.9 Å². The molecule has 0 aromatic carbocycles. The number of hydrogen-bond donors (Lipinski definition) is 2. The molecule has 3 N–H and O–H groups in total. The number of carbonyl (C=O) groups is 3. The Labute approximate surface area is 113 Å². The fraction of sp³-hybridized carbons (Fsp3) is 0.667. The van der Waals surface area contributed by atoms with E-state index in [0.717, 1.165) is 0 Å². The molecule has 1 atom stereocenters. The summed E-state index contributed by atoms with van der Waals surface area (Å²) in [7, 11) is 0. The van der Waals surface area contributed by atoms with Gasteiger partial charge in [-0.05, 0) is 6.92 Å². The second kappa shape index (κ2) is 8.30. The first-order chi connectivity index (χ1) is 7.93. The Morgan fingerprint density at radius 1 is 1.47 bits per heavy atom. The van der Waals surface area contributed by atoms with Crippen LogP contribution in [0.3, 0.4) is 0 Å². The number of nitrogens with zero attached hydrogens (tertiary/aromatic N) is 1. The van der Waals surface area contributed by atoms with Crippen LogP contribution in [0.25, 0.3) is 0 Å². The lowest BCUT2D eigenvalue weighted by atomic mass is 10.3. The molecule has 1 unspecified atom stereocenters. The van der Waals surface area contributed by atoms with E-state index in [1.54, 1.807) is 6.92 Å². The van der Waals surface area contributed by atoms with Crippen LogP contribution in [-0.4, -0.2) is 53.0 Å². The van der Waals surface area contributed by atoms with Gasteiger partial charge < -0.3 is 16.0 Å². The first kappa shape index (κ1) is 16.2. The number of rotatable bonds is 7. The van der Waals surface area contributed by atoms with Gasteiger partial charge in [0.2, 0.25) is 17.7 Å². The van der Waals surface area contributed by atoms with Crippen LogP contribution >= 0.6 is 27.5 Å². The molecule has 0 fully saturated rings. The lowest BCUT2D eigenvalue weighted by Crippen LogP contribution is -2.45. The zero-order chi connectivity index (χ0) is 13.4. The van der Waals surface area contributed by atoms with Crippen molar-refractivity contribution >= 4 is 45.3 Å². The summed E-state index contributed by atoms with van der Waals surface area (Å²) in [4.78, 5) is 33.8. The highest BCUT2D eigenvalue weighted by molar-refractivity contribution is 9.10. The third-order valence-electron chi connectivity index (χ3n) is 1.99. The maximum atomic E-state index is 11.7. The highest BCUT2D eigenvalue weighted by atomic mass is 79.9. The first-order valence-electron chi connectivity index (χ1n) is 4.98. The summed E-state index contributed by atoms with van der Waals surface area (Å²) in [5.74, 6) is -1.58. The number of halogens is 2. The van der Waals surface area contributed by atoms with E-state index in [4.69, 9.17) is 17.3 Å². The standard InChI is InChI=1S/C9H15BrClN3O3/c1-2-14(4-3-13-6(15)5-11)9(17)7(10)8(12)16/h7H,2-5H2,1H3,(H2,12,16)(H,13,15). The van der Waals surface area contributed by atoms with E-state index in [-0.39, 0.29) is 18.3 Å². The molecule has 0 saturated carbocycles. The molecule has 0 aliphatic heterocycles. The molecular formula is C9H15BrClN3O3. The average Bonchev–Trinajstić information content (AvgIpc) is 2.32. The van der Waals surface area contributed by atoms with Crippen molar-refractivity contribution in [3.63, 3.8) is 0 Å². The van der Waals surface area contributed by atoms with Gasteiger partial charge in [0.1, 0.15) is 5.88 Å². The summed E-state index contributed by atoms with van der Waals surface area (Å²) >= 11 is 8.20. The van der Waals surface area contributed by atoms with Gasteiger partial charge in [0, 0.05) is 19.6 Å². The van der Waals surface area contributed by atoms with Gasteiger partial charge >= 0.3 is 0 Å². The van der Waals surface area contributed by atoms with Crippen LogP contribution in [0.2, 0.25) is 0 Å². The Bertz CT molecular complexity index is 301. The number of hydrogen-bond acceptors (Lipinski definition) is 3. The van der Waals surface area contributed by atoms with Crippen molar-refractivity contribution in [2.24, 2.45) is 5.73 Å². The smallest absolute Gasteiger partial charge is 0.246 e. The first-order valence-corrected chi connectivity index (χ1v) is 6.43. The van der Waals surface area contributed by atoms with Crippen LogP contribution in [0, 0.1) is 0 Å². The largest absolute Gasteiger partial charge is 0.368 e. The van der Waals surface area contributed by atoms with E-state index < -0.39 is 16.6 Å². The van der Waals surface area contributed by atoms with Crippen LogP contribution in [0.1, 0.15) is 6.92 Å². The van der Waals surface area contributed by atoms with Crippen LogP contribution in [0.4, 0.5) is 0 Å². The maximum Gasteiger partial charge on any atom is 0.246 e. The number of likely N-dealkylation sites (N-methyl/N-ethyl adjacent to an activating group) is 1. The Morgan fingerprint density at radius 3 is 2.47 bits per heavy atom. The number of amides is 3.